The molecule has 2 amide bonds. The summed E-state index contributed by atoms with van der Waals surface area (Å²) in [6.45, 7) is 4.03. The Labute approximate surface area is 401 Å². The molecule has 0 spiro atoms. The minimum atomic E-state index is -0.645. The summed E-state index contributed by atoms with van der Waals surface area (Å²) in [4.78, 5) is 65.0. The van der Waals surface area contributed by atoms with Crippen LogP contribution in [-0.4, -0.2) is 99.1 Å². The van der Waals surface area contributed by atoms with Crippen LogP contribution in [0.15, 0.2) is 131 Å². The number of carbonyl (C=O) groups is 2. The number of fused-ring (bicyclic) bond motifs is 20. The molecule has 4 N–H and O–H groups in total. The van der Waals surface area contributed by atoms with E-state index in [0.29, 0.717) is 49.2 Å². The average molecular weight is 941 g/mol. The number of piperidine rings is 2. The number of carbonyl (C=O) groups excluding carboxylic acids is 2. The van der Waals surface area contributed by atoms with Gasteiger partial charge in [0.05, 0.1) is 60.5 Å². The van der Waals surface area contributed by atoms with Crippen molar-refractivity contribution in [3.8, 4) is 0 Å². The number of benzene rings is 4. The van der Waals surface area contributed by atoms with Crippen LogP contribution < -0.4 is 31.6 Å². The van der Waals surface area contributed by atoms with Gasteiger partial charge in [0, 0.05) is 61.3 Å². The van der Waals surface area contributed by atoms with Crippen molar-refractivity contribution in [3.05, 3.63) is 164 Å². The maximum atomic E-state index is 13.2. The SMILES string of the molecule is O=C1Nc2nc3ccccc3n2C[C@H](O)[C@@H]2CCCN(C2)c2ccc(=O)n(n2)Cc2cccc1c2.O=C1Nc2nc3ccccc3n2C[C@H](O)[C@H]2CCCN(C2)c2ccc(=O)n(n2)Cc2cccc1c2. The number of nitrogens with zero attached hydrogens (tertiary/aromatic N) is 10. The van der Waals surface area contributed by atoms with Crippen molar-refractivity contribution in [2.75, 3.05) is 46.6 Å². The Morgan fingerprint density at radius 3 is 1.40 bits per heavy atom. The van der Waals surface area contributed by atoms with Gasteiger partial charge in [-0.3, -0.25) is 29.8 Å². The summed E-state index contributed by atoms with van der Waals surface area (Å²) in [6.07, 6.45) is 2.31. The summed E-state index contributed by atoms with van der Waals surface area (Å²) in [5.74, 6) is 1.66. The minimum Gasteiger partial charge on any atom is -0.391 e. The van der Waals surface area contributed by atoms with Gasteiger partial charge in [-0.05, 0) is 97.5 Å². The standard InChI is InChI=1S/2C26H26N6O3/c2*33-22-16-31-21-9-2-1-8-20(21)27-26(31)28-25(35)18-6-3-5-17(13-18)14-32-24(34)11-10-23(29-32)30-12-4-7-19(22)15-30/h2*1-3,5-6,8-11,13,19,22,33H,4,7,12,14-16H2,(H,27,28,35)/t19-,22+;19-,22-/m10/s1. The molecule has 0 aliphatic carbocycles. The normalized spacial score (nSPS) is 20.4. The number of nitrogens with one attached hydrogen (secondary N) is 2. The number of anilines is 4. The Kier molecular flexibility index (Phi) is 12.0. The third-order valence-electron chi connectivity index (χ3n) is 13.9. The Morgan fingerprint density at radius 2 is 0.943 bits per heavy atom. The lowest BCUT2D eigenvalue weighted by molar-refractivity contribution is 0.0824. The zero-order valence-electron chi connectivity index (χ0n) is 38.3. The lowest BCUT2D eigenvalue weighted by Crippen LogP contribution is -2.43. The first-order valence-corrected chi connectivity index (χ1v) is 23.8. The summed E-state index contributed by atoms with van der Waals surface area (Å²) in [6, 6.07) is 36.3. The molecule has 8 heterocycles. The lowest BCUT2D eigenvalue weighted by Gasteiger charge is -2.36. The predicted molar refractivity (Wildman–Crippen MR) is 265 cm³/mol. The number of rotatable bonds is 0. The van der Waals surface area contributed by atoms with Gasteiger partial charge in [0.1, 0.15) is 11.6 Å². The number of aromatic nitrogens is 8. The van der Waals surface area contributed by atoms with Gasteiger partial charge in [0.25, 0.3) is 22.9 Å². The van der Waals surface area contributed by atoms with Crippen molar-refractivity contribution < 1.29 is 19.8 Å². The third kappa shape index (κ3) is 9.05. The van der Waals surface area contributed by atoms with Crippen LogP contribution in [0.5, 0.6) is 0 Å². The first-order chi connectivity index (χ1) is 34.1. The number of hydrogen-bond donors (Lipinski definition) is 4. The van der Waals surface area contributed by atoms with Crippen LogP contribution in [0.3, 0.4) is 0 Å². The molecule has 4 aliphatic heterocycles. The first-order valence-electron chi connectivity index (χ1n) is 23.8. The molecule has 0 saturated carbocycles. The molecule has 2 fully saturated rings. The second kappa shape index (κ2) is 18.9. The zero-order valence-corrected chi connectivity index (χ0v) is 38.3. The molecular weight excluding hydrogens is 889 g/mol. The number of para-hydroxylation sites is 4. The van der Waals surface area contributed by atoms with Gasteiger partial charge in [0.2, 0.25) is 11.9 Å². The molecule has 356 valence electrons. The second-order valence-electron chi connectivity index (χ2n) is 18.6. The van der Waals surface area contributed by atoms with Crippen LogP contribution in [0.2, 0.25) is 0 Å². The van der Waals surface area contributed by atoms with Crippen molar-refractivity contribution in [1.82, 2.24) is 38.7 Å². The van der Waals surface area contributed by atoms with Crippen LogP contribution >= 0.6 is 0 Å². The Bertz CT molecular complexity index is 3170. The van der Waals surface area contributed by atoms with Crippen molar-refractivity contribution in [3.63, 3.8) is 0 Å². The predicted octanol–water partition coefficient (Wildman–Crippen LogP) is 4.97. The topological polar surface area (TPSA) is 211 Å². The number of amides is 2. The highest BCUT2D eigenvalue weighted by atomic mass is 16.3. The van der Waals surface area contributed by atoms with Crippen LogP contribution in [0.25, 0.3) is 22.1 Å². The van der Waals surface area contributed by atoms with Crippen LogP contribution in [0.4, 0.5) is 23.5 Å². The fourth-order valence-electron chi connectivity index (χ4n) is 10.2. The van der Waals surface area contributed by atoms with Crippen molar-refractivity contribution in [1.29, 1.82) is 0 Å². The Balaban J connectivity index is 0.000000152. The highest BCUT2D eigenvalue weighted by Gasteiger charge is 2.31. The molecule has 0 unspecified atom stereocenters. The van der Waals surface area contributed by atoms with Gasteiger partial charge < -0.3 is 29.1 Å². The molecule has 18 heteroatoms. The van der Waals surface area contributed by atoms with Gasteiger partial charge in [-0.25, -0.2) is 19.3 Å². The summed E-state index contributed by atoms with van der Waals surface area (Å²) < 4.78 is 6.64. The summed E-state index contributed by atoms with van der Waals surface area (Å²) in [7, 11) is 0. The van der Waals surface area contributed by atoms with E-state index in [1.165, 1.54) is 21.5 Å². The van der Waals surface area contributed by atoms with E-state index in [4.69, 9.17) is 0 Å². The van der Waals surface area contributed by atoms with Gasteiger partial charge in [-0.15, -0.1) is 0 Å². The summed E-state index contributed by atoms with van der Waals surface area (Å²) in [5, 5.41) is 37.7. The molecule has 0 radical (unpaired) electrons. The number of hydrogen-bond acceptors (Lipinski definition) is 12. The van der Waals surface area contributed by atoms with E-state index in [-0.39, 0.29) is 47.9 Å². The smallest absolute Gasteiger partial charge is 0.267 e. The molecule has 8 aromatic rings. The highest BCUT2D eigenvalue weighted by molar-refractivity contribution is 6.05. The fraction of sp³-hybridized carbons (Fsp3) is 0.308. The molecule has 12 bridgehead atoms. The van der Waals surface area contributed by atoms with Crippen LogP contribution in [0.1, 0.15) is 57.5 Å². The first kappa shape index (κ1) is 44.5. The monoisotopic (exact) mass is 940 g/mol. The number of aliphatic hydroxyl groups is 2. The van der Waals surface area contributed by atoms with Crippen molar-refractivity contribution in [2.45, 2.75) is 64.1 Å². The van der Waals surface area contributed by atoms with E-state index in [0.717, 1.165) is 83.6 Å². The highest BCUT2D eigenvalue weighted by Crippen LogP contribution is 2.30. The largest absolute Gasteiger partial charge is 0.391 e. The Hall–Kier alpha value is -7.96. The van der Waals surface area contributed by atoms with Crippen LogP contribution in [0, 0.1) is 11.8 Å². The van der Waals surface area contributed by atoms with Gasteiger partial charge >= 0.3 is 0 Å². The fourth-order valence-corrected chi connectivity index (χ4v) is 10.2. The maximum Gasteiger partial charge on any atom is 0.267 e. The lowest BCUT2D eigenvalue weighted by atomic mass is 9.92. The zero-order chi connectivity index (χ0) is 47.9. The van der Waals surface area contributed by atoms with E-state index in [2.05, 4.69) is 40.6 Å². The maximum absolute atomic E-state index is 13.2. The number of imidazole rings is 2. The minimum absolute atomic E-state index is 0.0104. The molecule has 12 rings (SSSR count). The summed E-state index contributed by atoms with van der Waals surface area (Å²) in [5.41, 5.74) is 5.35. The van der Waals surface area contributed by atoms with Crippen molar-refractivity contribution in [2.24, 2.45) is 11.8 Å². The van der Waals surface area contributed by atoms with Gasteiger partial charge in [-0.2, -0.15) is 10.2 Å². The molecule has 70 heavy (non-hydrogen) atoms. The quantitative estimate of drug-likeness (QED) is 0.159. The average Bonchev–Trinajstić information content (AvgIpc) is 3.90. The van der Waals surface area contributed by atoms with E-state index < -0.39 is 12.2 Å². The van der Waals surface area contributed by atoms with E-state index >= 15 is 0 Å². The molecule has 2 saturated heterocycles. The Morgan fingerprint density at radius 1 is 0.500 bits per heavy atom. The van der Waals surface area contributed by atoms with Crippen molar-refractivity contribution >= 4 is 57.4 Å². The van der Waals surface area contributed by atoms with E-state index in [1.54, 1.807) is 48.5 Å². The molecule has 4 aromatic heterocycles. The number of aliphatic hydroxyl groups excluding tert-OH is 2. The summed E-state index contributed by atoms with van der Waals surface area (Å²) >= 11 is 0. The van der Waals surface area contributed by atoms with E-state index in [9.17, 15) is 29.4 Å². The van der Waals surface area contributed by atoms with Gasteiger partial charge in [-0.1, -0.05) is 48.5 Å². The van der Waals surface area contributed by atoms with Crippen LogP contribution in [-0.2, 0) is 26.2 Å². The molecule has 18 nitrogen and oxygen atoms in total. The third-order valence-corrected chi connectivity index (χ3v) is 13.9. The van der Waals surface area contributed by atoms with E-state index in [1.807, 2.05) is 69.8 Å². The second-order valence-corrected chi connectivity index (χ2v) is 18.6. The molecule has 4 atom stereocenters. The molecule has 4 aliphatic rings. The molecular formula is C52H52N12O6. The molecule has 4 aromatic carbocycles. The van der Waals surface area contributed by atoms with Gasteiger partial charge in [0.15, 0.2) is 0 Å².